The second-order valence-corrected chi connectivity index (χ2v) is 9.17. The Bertz CT molecular complexity index is 1120. The van der Waals surface area contributed by atoms with Crippen molar-refractivity contribution in [3.05, 3.63) is 66.0 Å². The van der Waals surface area contributed by atoms with Crippen LogP contribution in [0.2, 0.25) is 0 Å². The van der Waals surface area contributed by atoms with Crippen molar-refractivity contribution >= 4 is 16.9 Å². The van der Waals surface area contributed by atoms with Crippen molar-refractivity contribution in [2.45, 2.75) is 53.4 Å². The van der Waals surface area contributed by atoms with Gasteiger partial charge < -0.3 is 0 Å². The molecule has 3 rings (SSSR count). The molecule has 2 heterocycles. The number of hydrogen-bond acceptors (Lipinski definition) is 3. The Morgan fingerprint density at radius 2 is 1.90 bits per heavy atom. The van der Waals surface area contributed by atoms with Crippen molar-refractivity contribution in [1.29, 1.82) is 5.26 Å². The van der Waals surface area contributed by atoms with Gasteiger partial charge in [0.25, 0.3) is 0 Å². The Morgan fingerprint density at radius 1 is 1.20 bits per heavy atom. The number of carbonyl (C=O) groups excluding carboxylic acids is 1. The third-order valence-corrected chi connectivity index (χ3v) is 5.10. The SMILES string of the molecule is C=C(C)c1ccc(-c2c(CCCC(=O)CC(C)(C)C)nn3ccc(C#N)cc23)cc1. The summed E-state index contributed by atoms with van der Waals surface area (Å²) in [5.74, 6) is 0.297. The summed E-state index contributed by atoms with van der Waals surface area (Å²) in [5, 5.41) is 14.1. The normalized spacial score (nSPS) is 11.4. The van der Waals surface area contributed by atoms with E-state index in [-0.39, 0.29) is 5.41 Å². The third-order valence-electron chi connectivity index (χ3n) is 5.10. The van der Waals surface area contributed by atoms with Crippen LogP contribution in [0.25, 0.3) is 22.2 Å². The van der Waals surface area contributed by atoms with Crippen LogP contribution >= 0.6 is 0 Å². The van der Waals surface area contributed by atoms with Gasteiger partial charge >= 0.3 is 0 Å². The second kappa shape index (κ2) is 8.67. The lowest BCUT2D eigenvalue weighted by atomic mass is 9.88. The second-order valence-electron chi connectivity index (χ2n) is 9.17. The van der Waals surface area contributed by atoms with Crippen molar-refractivity contribution in [3.8, 4) is 17.2 Å². The number of aryl methyl sites for hydroxylation is 1. The molecule has 154 valence electrons. The third kappa shape index (κ3) is 5.04. The molecule has 0 fully saturated rings. The lowest BCUT2D eigenvalue weighted by molar-refractivity contribution is -0.120. The molecule has 0 aliphatic rings. The van der Waals surface area contributed by atoms with E-state index in [0.29, 0.717) is 24.2 Å². The average Bonchev–Trinajstić information content (AvgIpc) is 3.03. The minimum atomic E-state index is 0.0179. The van der Waals surface area contributed by atoms with Crippen molar-refractivity contribution in [2.75, 3.05) is 0 Å². The highest BCUT2D eigenvalue weighted by atomic mass is 16.1. The van der Waals surface area contributed by atoms with Crippen molar-refractivity contribution in [2.24, 2.45) is 5.41 Å². The van der Waals surface area contributed by atoms with Gasteiger partial charge in [-0.15, -0.1) is 0 Å². The van der Waals surface area contributed by atoms with Crippen LogP contribution in [0.4, 0.5) is 0 Å². The molecule has 0 aliphatic heterocycles. The van der Waals surface area contributed by atoms with Crippen LogP contribution in [-0.4, -0.2) is 15.4 Å². The van der Waals surface area contributed by atoms with E-state index in [1.807, 2.05) is 23.7 Å². The van der Waals surface area contributed by atoms with E-state index in [0.717, 1.165) is 46.3 Å². The number of benzene rings is 1. The molecule has 0 unspecified atom stereocenters. The van der Waals surface area contributed by atoms with Crippen LogP contribution in [0.15, 0.2) is 49.2 Å². The van der Waals surface area contributed by atoms with Gasteiger partial charge in [-0.25, -0.2) is 4.52 Å². The van der Waals surface area contributed by atoms with Gasteiger partial charge in [-0.1, -0.05) is 57.2 Å². The first kappa shape index (κ1) is 21.5. The fraction of sp³-hybridized carbons (Fsp3) is 0.346. The monoisotopic (exact) mass is 399 g/mol. The van der Waals surface area contributed by atoms with Crippen LogP contribution < -0.4 is 0 Å². The molecule has 0 saturated carbocycles. The van der Waals surface area contributed by atoms with Gasteiger partial charge in [-0.05, 0) is 48.4 Å². The van der Waals surface area contributed by atoms with Gasteiger partial charge in [0.15, 0.2) is 0 Å². The summed E-state index contributed by atoms with van der Waals surface area (Å²) in [6, 6.07) is 14.1. The molecule has 0 spiro atoms. The molecule has 0 atom stereocenters. The van der Waals surface area contributed by atoms with Crippen LogP contribution in [-0.2, 0) is 11.2 Å². The average molecular weight is 400 g/mol. The number of fused-ring (bicyclic) bond motifs is 1. The zero-order chi connectivity index (χ0) is 21.9. The number of Topliss-reactive ketones (excluding diaryl/α,β-unsaturated/α-hetero) is 1. The minimum absolute atomic E-state index is 0.0179. The highest BCUT2D eigenvalue weighted by Gasteiger charge is 2.18. The number of carbonyl (C=O) groups is 1. The molecule has 4 nitrogen and oxygen atoms in total. The van der Waals surface area contributed by atoms with Crippen LogP contribution in [0, 0.1) is 16.7 Å². The molecule has 0 N–H and O–H groups in total. The zero-order valence-corrected chi connectivity index (χ0v) is 18.3. The lowest BCUT2D eigenvalue weighted by Gasteiger charge is -2.16. The van der Waals surface area contributed by atoms with Gasteiger partial charge in [-0.2, -0.15) is 10.4 Å². The summed E-state index contributed by atoms with van der Waals surface area (Å²) in [4.78, 5) is 12.3. The fourth-order valence-electron chi connectivity index (χ4n) is 3.71. The Labute approximate surface area is 178 Å². The number of nitrogens with zero attached hydrogens (tertiary/aromatic N) is 3. The summed E-state index contributed by atoms with van der Waals surface area (Å²) < 4.78 is 1.83. The maximum Gasteiger partial charge on any atom is 0.133 e. The molecule has 0 radical (unpaired) electrons. The number of ketones is 1. The van der Waals surface area contributed by atoms with Crippen molar-refractivity contribution < 1.29 is 4.79 Å². The molecule has 3 aromatic rings. The number of allylic oxidation sites excluding steroid dienone is 1. The van der Waals surface area contributed by atoms with Crippen LogP contribution in [0.5, 0.6) is 0 Å². The fourth-order valence-corrected chi connectivity index (χ4v) is 3.71. The number of pyridine rings is 1. The summed E-state index contributed by atoms with van der Waals surface area (Å²) >= 11 is 0. The first-order valence-corrected chi connectivity index (χ1v) is 10.4. The Morgan fingerprint density at radius 3 is 2.50 bits per heavy atom. The maximum absolute atomic E-state index is 12.3. The highest BCUT2D eigenvalue weighted by molar-refractivity contribution is 5.84. The molecule has 0 aliphatic carbocycles. The standard InChI is InChI=1S/C26H29N3O/c1-18(2)20-9-11-21(12-10-20)25-23(8-6-7-22(30)16-26(3,4)5)28-29-14-13-19(17-27)15-24(25)29/h9-15H,1,6-8,16H2,2-5H3. The van der Waals surface area contributed by atoms with Crippen molar-refractivity contribution in [3.63, 3.8) is 0 Å². The Kier molecular flexibility index (Phi) is 6.22. The molecule has 0 saturated heterocycles. The molecule has 2 aromatic heterocycles. The molecule has 30 heavy (non-hydrogen) atoms. The van der Waals surface area contributed by atoms with Gasteiger partial charge in [-0.3, -0.25) is 4.79 Å². The molecule has 0 amide bonds. The molecular weight excluding hydrogens is 370 g/mol. The van der Waals surface area contributed by atoms with Gasteiger partial charge in [0, 0.05) is 24.6 Å². The Balaban J connectivity index is 1.93. The van der Waals surface area contributed by atoms with E-state index >= 15 is 0 Å². The van der Waals surface area contributed by atoms with E-state index in [4.69, 9.17) is 5.10 Å². The number of hydrogen-bond donors (Lipinski definition) is 0. The van der Waals surface area contributed by atoms with Crippen molar-refractivity contribution in [1.82, 2.24) is 9.61 Å². The molecular formula is C26H29N3O. The van der Waals surface area contributed by atoms with Gasteiger partial charge in [0.2, 0.25) is 0 Å². The predicted molar refractivity (Wildman–Crippen MR) is 122 cm³/mol. The van der Waals surface area contributed by atoms with E-state index in [2.05, 4.69) is 57.7 Å². The van der Waals surface area contributed by atoms with Crippen LogP contribution in [0.1, 0.15) is 63.8 Å². The molecule has 0 bridgehead atoms. The Hall–Kier alpha value is -3.19. The largest absolute Gasteiger partial charge is 0.300 e. The molecule has 4 heteroatoms. The van der Waals surface area contributed by atoms with E-state index < -0.39 is 0 Å². The number of nitriles is 1. The summed E-state index contributed by atoms with van der Waals surface area (Å²) in [5.41, 5.74) is 6.70. The lowest BCUT2D eigenvalue weighted by Crippen LogP contribution is -2.12. The summed E-state index contributed by atoms with van der Waals surface area (Å²) in [7, 11) is 0. The van der Waals surface area contributed by atoms with Crippen LogP contribution in [0.3, 0.4) is 0 Å². The van der Waals surface area contributed by atoms with E-state index in [1.165, 1.54) is 0 Å². The number of aromatic nitrogens is 2. The summed E-state index contributed by atoms with van der Waals surface area (Å²) in [6.45, 7) is 12.3. The minimum Gasteiger partial charge on any atom is -0.300 e. The zero-order valence-electron chi connectivity index (χ0n) is 18.3. The highest BCUT2D eigenvalue weighted by Crippen LogP contribution is 2.31. The van der Waals surface area contributed by atoms with E-state index in [1.54, 1.807) is 6.07 Å². The van der Waals surface area contributed by atoms with E-state index in [9.17, 15) is 10.1 Å². The number of rotatable bonds is 7. The maximum atomic E-state index is 12.3. The molecule has 1 aromatic carbocycles. The quantitative estimate of drug-likeness (QED) is 0.473. The van der Waals surface area contributed by atoms with Gasteiger partial charge in [0.05, 0.1) is 22.8 Å². The first-order valence-electron chi connectivity index (χ1n) is 10.4. The van der Waals surface area contributed by atoms with Gasteiger partial charge in [0.1, 0.15) is 5.78 Å². The smallest absolute Gasteiger partial charge is 0.133 e. The predicted octanol–water partition coefficient (Wildman–Crippen LogP) is 6.23. The summed E-state index contributed by atoms with van der Waals surface area (Å²) in [6.07, 6.45) is 4.47. The topological polar surface area (TPSA) is 58.2 Å². The first-order chi connectivity index (χ1) is 14.2.